The number of nitrogens with zero attached hydrogens (tertiary/aromatic N) is 2. The van der Waals surface area contributed by atoms with Gasteiger partial charge in [0, 0.05) is 23.7 Å². The Kier molecular flexibility index (Phi) is 5.96. The number of methoxy groups -OCH3 is 2. The molecule has 0 aliphatic heterocycles. The Morgan fingerprint density at radius 3 is 2.00 bits per heavy atom. The first-order valence-corrected chi connectivity index (χ1v) is 9.14. The third-order valence-corrected chi connectivity index (χ3v) is 4.42. The minimum Gasteiger partial charge on any atom is -0.494 e. The van der Waals surface area contributed by atoms with Gasteiger partial charge in [0.25, 0.3) is 5.56 Å². The number of benzene rings is 2. The molecule has 0 aliphatic carbocycles. The summed E-state index contributed by atoms with van der Waals surface area (Å²) in [4.78, 5) is 12.6. The van der Waals surface area contributed by atoms with Crippen LogP contribution in [0.4, 0.5) is 8.78 Å². The lowest BCUT2D eigenvalue weighted by atomic mass is 9.99. The van der Waals surface area contributed by atoms with Crippen molar-refractivity contribution < 1.29 is 18.3 Å². The number of ether oxygens (including phenoxy) is 2. The Bertz CT molecular complexity index is 1090. The maximum Gasteiger partial charge on any atom is 0.267 e. The Labute approximate surface area is 167 Å². The van der Waals surface area contributed by atoms with E-state index >= 15 is 0 Å². The topological polar surface area (TPSA) is 53.4 Å². The van der Waals surface area contributed by atoms with Crippen molar-refractivity contribution in [1.29, 1.82) is 0 Å². The van der Waals surface area contributed by atoms with Gasteiger partial charge >= 0.3 is 0 Å². The van der Waals surface area contributed by atoms with E-state index in [1.54, 1.807) is 12.1 Å². The molecule has 0 saturated heterocycles. The van der Waals surface area contributed by atoms with Crippen LogP contribution in [-0.2, 0) is 6.54 Å². The van der Waals surface area contributed by atoms with Gasteiger partial charge in [-0.05, 0) is 41.8 Å². The highest BCUT2D eigenvalue weighted by molar-refractivity contribution is 5.80. The van der Waals surface area contributed by atoms with Crippen LogP contribution in [0.3, 0.4) is 0 Å². The predicted octanol–water partition coefficient (Wildman–Crippen LogP) is 4.53. The van der Waals surface area contributed by atoms with Crippen LogP contribution < -0.4 is 15.0 Å². The molecule has 0 N–H and O–H groups in total. The van der Waals surface area contributed by atoms with E-state index in [1.807, 2.05) is 13.8 Å². The highest BCUT2D eigenvalue weighted by Gasteiger charge is 2.17. The van der Waals surface area contributed by atoms with Crippen molar-refractivity contribution in [2.75, 3.05) is 14.2 Å². The maximum absolute atomic E-state index is 14.3. The van der Waals surface area contributed by atoms with Crippen molar-refractivity contribution in [2.24, 2.45) is 5.92 Å². The van der Waals surface area contributed by atoms with Gasteiger partial charge in [0.15, 0.2) is 23.1 Å². The fourth-order valence-corrected chi connectivity index (χ4v) is 3.05. The van der Waals surface area contributed by atoms with Crippen LogP contribution in [-0.4, -0.2) is 24.0 Å². The van der Waals surface area contributed by atoms with Crippen LogP contribution in [0, 0.1) is 17.6 Å². The zero-order valence-corrected chi connectivity index (χ0v) is 16.7. The summed E-state index contributed by atoms with van der Waals surface area (Å²) in [6, 6.07) is 10.2. The average Bonchev–Trinajstić information content (AvgIpc) is 2.68. The van der Waals surface area contributed by atoms with Crippen molar-refractivity contribution in [3.63, 3.8) is 0 Å². The molecule has 0 radical (unpaired) electrons. The van der Waals surface area contributed by atoms with Crippen molar-refractivity contribution >= 4 is 0 Å². The largest absolute Gasteiger partial charge is 0.494 e. The van der Waals surface area contributed by atoms with Gasteiger partial charge in [-0.1, -0.05) is 19.9 Å². The Hall–Kier alpha value is -3.22. The number of rotatable bonds is 6. The third kappa shape index (κ3) is 4.29. The lowest BCUT2D eigenvalue weighted by molar-refractivity contribution is 0.386. The summed E-state index contributed by atoms with van der Waals surface area (Å²) in [7, 11) is 2.75. The number of halogens is 2. The van der Waals surface area contributed by atoms with Gasteiger partial charge in [0.05, 0.1) is 19.9 Å². The lowest BCUT2D eigenvalue weighted by Crippen LogP contribution is -2.25. The van der Waals surface area contributed by atoms with Gasteiger partial charge in [0.1, 0.15) is 0 Å². The second-order valence-electron chi connectivity index (χ2n) is 7.02. The van der Waals surface area contributed by atoms with Gasteiger partial charge in [-0.3, -0.25) is 4.79 Å². The van der Waals surface area contributed by atoms with Crippen LogP contribution in [0.5, 0.6) is 11.5 Å². The molecule has 1 aromatic heterocycles. The Morgan fingerprint density at radius 1 is 0.931 bits per heavy atom. The first-order valence-electron chi connectivity index (χ1n) is 9.14. The monoisotopic (exact) mass is 400 g/mol. The molecule has 0 aliphatic rings. The molecule has 0 atom stereocenters. The van der Waals surface area contributed by atoms with Gasteiger partial charge in [0.2, 0.25) is 0 Å². The molecule has 0 bridgehead atoms. The Balaban J connectivity index is 2.24. The van der Waals surface area contributed by atoms with E-state index in [0.29, 0.717) is 28.9 Å². The minimum absolute atomic E-state index is 0.0897. The van der Waals surface area contributed by atoms with E-state index in [9.17, 15) is 13.6 Å². The molecule has 3 rings (SSSR count). The zero-order valence-electron chi connectivity index (χ0n) is 16.7. The van der Waals surface area contributed by atoms with Gasteiger partial charge < -0.3 is 9.47 Å². The third-order valence-electron chi connectivity index (χ3n) is 4.42. The molecule has 1 heterocycles. The first-order chi connectivity index (χ1) is 13.8. The molecule has 0 fully saturated rings. The standard InChI is InChI=1S/C22H22F2N2O3/c1-13(2)12-26-21(27)11-16(14-5-7-19(28-3)17(23)9-14)22(25-26)15-6-8-20(29-4)18(24)10-15/h5-11,13H,12H2,1-4H3. The fourth-order valence-electron chi connectivity index (χ4n) is 3.05. The summed E-state index contributed by atoms with van der Waals surface area (Å²) in [5, 5.41) is 4.47. The van der Waals surface area contributed by atoms with Crippen molar-refractivity contribution in [3.8, 4) is 33.9 Å². The molecular formula is C22H22F2N2O3. The summed E-state index contributed by atoms with van der Waals surface area (Å²) < 4.78 is 39.9. The highest BCUT2D eigenvalue weighted by Crippen LogP contribution is 2.33. The molecule has 29 heavy (non-hydrogen) atoms. The van der Waals surface area contributed by atoms with Crippen molar-refractivity contribution in [3.05, 3.63) is 64.5 Å². The molecule has 152 valence electrons. The summed E-state index contributed by atoms with van der Waals surface area (Å²) in [6.45, 7) is 4.34. The minimum atomic E-state index is -0.566. The van der Waals surface area contributed by atoms with Crippen LogP contribution in [0.1, 0.15) is 13.8 Å². The fraction of sp³-hybridized carbons (Fsp3) is 0.273. The molecule has 0 spiro atoms. The first kappa shape index (κ1) is 20.5. The number of aromatic nitrogens is 2. The van der Waals surface area contributed by atoms with E-state index < -0.39 is 11.6 Å². The van der Waals surface area contributed by atoms with E-state index in [4.69, 9.17) is 9.47 Å². The maximum atomic E-state index is 14.3. The summed E-state index contributed by atoms with van der Waals surface area (Å²) in [5.41, 5.74) is 1.35. The van der Waals surface area contributed by atoms with E-state index in [2.05, 4.69) is 5.10 Å². The van der Waals surface area contributed by atoms with E-state index in [1.165, 1.54) is 49.2 Å². The van der Waals surface area contributed by atoms with E-state index in [0.717, 1.165) is 0 Å². The summed E-state index contributed by atoms with van der Waals surface area (Å²) in [6.07, 6.45) is 0. The van der Waals surface area contributed by atoms with Crippen LogP contribution in [0.25, 0.3) is 22.4 Å². The SMILES string of the molecule is COc1ccc(-c2cc(=O)n(CC(C)C)nc2-c2ccc(OC)c(F)c2)cc1F. The number of hydrogen-bond donors (Lipinski definition) is 0. The molecule has 5 nitrogen and oxygen atoms in total. The summed E-state index contributed by atoms with van der Waals surface area (Å²) in [5.74, 6) is -0.748. The second kappa shape index (κ2) is 8.43. The van der Waals surface area contributed by atoms with Crippen molar-refractivity contribution in [2.45, 2.75) is 20.4 Å². The smallest absolute Gasteiger partial charge is 0.267 e. The second-order valence-corrected chi connectivity index (χ2v) is 7.02. The molecule has 0 unspecified atom stereocenters. The van der Waals surface area contributed by atoms with Crippen LogP contribution in [0.15, 0.2) is 47.3 Å². The highest BCUT2D eigenvalue weighted by atomic mass is 19.1. The van der Waals surface area contributed by atoms with E-state index in [-0.39, 0.29) is 23.0 Å². The van der Waals surface area contributed by atoms with Crippen molar-refractivity contribution in [1.82, 2.24) is 9.78 Å². The van der Waals surface area contributed by atoms with Crippen LogP contribution >= 0.6 is 0 Å². The quantitative estimate of drug-likeness (QED) is 0.610. The van der Waals surface area contributed by atoms with Gasteiger partial charge in [-0.25, -0.2) is 13.5 Å². The lowest BCUT2D eigenvalue weighted by Gasteiger charge is -2.15. The molecule has 3 aromatic rings. The Morgan fingerprint density at radius 2 is 1.48 bits per heavy atom. The van der Waals surface area contributed by atoms with Gasteiger partial charge in [-0.15, -0.1) is 0 Å². The molecule has 0 saturated carbocycles. The number of hydrogen-bond acceptors (Lipinski definition) is 4. The molecule has 7 heteroatoms. The molecular weight excluding hydrogens is 378 g/mol. The zero-order chi connectivity index (χ0) is 21.1. The van der Waals surface area contributed by atoms with Gasteiger partial charge in [-0.2, -0.15) is 5.10 Å². The van der Waals surface area contributed by atoms with Crippen LogP contribution in [0.2, 0.25) is 0 Å². The summed E-state index contributed by atoms with van der Waals surface area (Å²) >= 11 is 0. The molecule has 0 amide bonds. The normalized spacial score (nSPS) is 11.0. The average molecular weight is 400 g/mol. The predicted molar refractivity (Wildman–Crippen MR) is 107 cm³/mol. The molecule has 2 aromatic carbocycles.